The van der Waals surface area contributed by atoms with E-state index in [2.05, 4.69) is 16.0 Å². The Morgan fingerprint density at radius 2 is 0.723 bits per heavy atom. The SMILES string of the molecule is CC(=O)NC[C@H]1C[C@H](CO)[C@H](O)[C@@H]1O.CC[C@@H]1C[C@H](CO)[C@H](O)[C@@H]1O.CC[C@H]1C[C@@H](CO)[C@H](O)[C@@H]1O.CC[C@H]1C[C@H](CO)[C@H](O)[C@@H]1O.C[C@@H]1CC[C@H](CO)[C@@H]1O.Cc1ccc(/C=C/C(=O)NC[C@H]2C[C@H](CO)[C@H](O)[C@@H]2O)cc1.O=C(CCCCC1CCCCC1)NC[C@H]1C[C@H](CO)[C@H](O)[C@@H]1O. The first-order valence-corrected chi connectivity index (χ1v) is 37.7. The Bertz CT molecular complexity index is 2290. The van der Waals surface area contributed by atoms with Gasteiger partial charge < -0.3 is 118 Å². The number of aliphatic hydroxyl groups is 20. The molecule has 0 aliphatic heterocycles. The van der Waals surface area contributed by atoms with E-state index < -0.39 is 73.2 Å². The number of nitrogens with one attached hydrogen (secondary N) is 3. The van der Waals surface area contributed by atoms with Crippen LogP contribution < -0.4 is 16.0 Å². The van der Waals surface area contributed by atoms with Crippen molar-refractivity contribution in [3.05, 3.63) is 41.5 Å². The summed E-state index contributed by atoms with van der Waals surface area (Å²) in [4.78, 5) is 34.3. The lowest BCUT2D eigenvalue weighted by Gasteiger charge is -2.21. The fourth-order valence-corrected chi connectivity index (χ4v) is 15.7. The van der Waals surface area contributed by atoms with Gasteiger partial charge in [-0.05, 0) is 106 Å². The van der Waals surface area contributed by atoms with Gasteiger partial charge in [-0.3, -0.25) is 14.4 Å². The van der Waals surface area contributed by atoms with Crippen LogP contribution in [-0.2, 0) is 14.4 Å². The molecule has 1 aromatic carbocycles. The minimum atomic E-state index is -0.921. The summed E-state index contributed by atoms with van der Waals surface area (Å²) in [5.74, 6) is -0.211. The molecule has 101 heavy (non-hydrogen) atoms. The lowest BCUT2D eigenvalue weighted by atomic mass is 9.85. The number of benzene rings is 1. The van der Waals surface area contributed by atoms with Gasteiger partial charge in [0, 0.05) is 144 Å². The largest absolute Gasteiger partial charge is 0.396 e. The Labute approximate surface area is 599 Å². The normalized spacial score (nSPS) is 37.1. The number of amides is 3. The maximum atomic E-state index is 11.9. The summed E-state index contributed by atoms with van der Waals surface area (Å²) >= 11 is 0. The highest BCUT2D eigenvalue weighted by Gasteiger charge is 2.45. The molecule has 9 rings (SSSR count). The molecule has 3 amide bonds. The van der Waals surface area contributed by atoms with Crippen molar-refractivity contribution in [1.82, 2.24) is 16.0 Å². The van der Waals surface area contributed by atoms with Gasteiger partial charge in [0.15, 0.2) is 0 Å². The predicted octanol–water partition coefficient (Wildman–Crippen LogP) is 0.166. The first kappa shape index (κ1) is 91.8. The van der Waals surface area contributed by atoms with Crippen LogP contribution >= 0.6 is 0 Å². The maximum Gasteiger partial charge on any atom is 0.244 e. The Balaban J connectivity index is 0.000000315. The molecule has 8 aliphatic rings. The fraction of sp³-hybridized carbons (Fsp3) is 0.853. The zero-order chi connectivity index (χ0) is 75.6. The molecule has 0 aromatic heterocycles. The molecule has 26 heteroatoms. The third kappa shape index (κ3) is 29.7. The van der Waals surface area contributed by atoms with E-state index in [-0.39, 0.29) is 154 Å². The van der Waals surface area contributed by atoms with Gasteiger partial charge in [0.1, 0.15) is 0 Å². The van der Waals surface area contributed by atoms with Gasteiger partial charge in [0.25, 0.3) is 0 Å². The number of rotatable bonds is 23. The second kappa shape index (κ2) is 48.7. The fourth-order valence-electron chi connectivity index (χ4n) is 15.7. The smallest absolute Gasteiger partial charge is 0.244 e. The lowest BCUT2D eigenvalue weighted by molar-refractivity contribution is -0.122. The number of carbonyl (C=O) groups excluding carboxylic acids is 3. The van der Waals surface area contributed by atoms with Crippen molar-refractivity contribution < 1.29 is 117 Å². The van der Waals surface area contributed by atoms with Crippen LogP contribution in [0.3, 0.4) is 0 Å². The quantitative estimate of drug-likeness (QED) is 0.0513. The summed E-state index contributed by atoms with van der Waals surface area (Å²) < 4.78 is 0. The Morgan fingerprint density at radius 1 is 0.396 bits per heavy atom. The van der Waals surface area contributed by atoms with E-state index in [1.807, 2.05) is 58.9 Å². The van der Waals surface area contributed by atoms with Crippen LogP contribution in [0.5, 0.6) is 0 Å². The number of aliphatic hydroxyl groups excluding tert-OH is 20. The molecule has 26 nitrogen and oxygen atoms in total. The number of hydrogen-bond donors (Lipinski definition) is 23. The Morgan fingerprint density at radius 3 is 1.02 bits per heavy atom. The first-order chi connectivity index (χ1) is 48.0. The maximum absolute atomic E-state index is 11.9. The monoisotopic (exact) mass is 1450 g/mol. The third-order valence-electron chi connectivity index (χ3n) is 23.0. The van der Waals surface area contributed by atoms with E-state index in [4.69, 9.17) is 35.7 Å². The van der Waals surface area contributed by atoms with Gasteiger partial charge in [-0.2, -0.15) is 0 Å². The van der Waals surface area contributed by atoms with Crippen molar-refractivity contribution in [1.29, 1.82) is 0 Å². The van der Waals surface area contributed by atoms with Crippen LogP contribution in [-0.4, -0.2) is 265 Å². The second-order valence-corrected chi connectivity index (χ2v) is 30.2. The van der Waals surface area contributed by atoms with Gasteiger partial charge in [-0.15, -0.1) is 0 Å². The number of carbonyl (C=O) groups is 3. The molecule has 588 valence electrons. The van der Waals surface area contributed by atoms with E-state index in [0.29, 0.717) is 44.7 Å². The highest BCUT2D eigenvalue weighted by Crippen LogP contribution is 2.38. The van der Waals surface area contributed by atoms with Gasteiger partial charge in [0.2, 0.25) is 17.7 Å². The molecular formula is C75H135N3O23. The molecule has 0 heterocycles. The summed E-state index contributed by atoms with van der Waals surface area (Å²) in [6.45, 7) is 12.1. The average molecular weight is 1450 g/mol. The molecule has 23 N–H and O–H groups in total. The van der Waals surface area contributed by atoms with E-state index in [1.54, 1.807) is 6.08 Å². The van der Waals surface area contributed by atoms with Crippen LogP contribution in [0.1, 0.15) is 174 Å². The molecule has 8 fully saturated rings. The molecule has 8 saturated carbocycles. The molecular weight excluding hydrogens is 1310 g/mol. The molecule has 0 saturated heterocycles. The van der Waals surface area contributed by atoms with Crippen LogP contribution in [0.25, 0.3) is 6.08 Å². The molecule has 0 unspecified atom stereocenters. The van der Waals surface area contributed by atoms with Gasteiger partial charge in [-0.25, -0.2) is 0 Å². The topological polar surface area (TPSA) is 492 Å². The summed E-state index contributed by atoms with van der Waals surface area (Å²) in [5.41, 5.74) is 2.10. The predicted molar refractivity (Wildman–Crippen MR) is 380 cm³/mol. The summed E-state index contributed by atoms with van der Waals surface area (Å²) in [5, 5.41) is 194. The van der Waals surface area contributed by atoms with Crippen molar-refractivity contribution >= 4 is 23.8 Å². The van der Waals surface area contributed by atoms with Crippen LogP contribution in [0.2, 0.25) is 0 Å². The van der Waals surface area contributed by atoms with Gasteiger partial charge in [-0.1, -0.05) is 122 Å². The second-order valence-electron chi connectivity index (χ2n) is 30.2. The molecule has 27 atom stereocenters. The van der Waals surface area contributed by atoms with Crippen molar-refractivity contribution in [2.75, 3.05) is 65.9 Å². The zero-order valence-electron chi connectivity index (χ0n) is 61.0. The number of hydrogen-bond acceptors (Lipinski definition) is 23. The number of unbranched alkanes of at least 4 members (excludes halogenated alkanes) is 1. The van der Waals surface area contributed by atoms with Crippen molar-refractivity contribution in [2.24, 2.45) is 88.8 Å². The molecule has 8 aliphatic carbocycles. The lowest BCUT2D eigenvalue weighted by Crippen LogP contribution is -2.35. The van der Waals surface area contributed by atoms with Crippen LogP contribution in [0.15, 0.2) is 30.3 Å². The van der Waals surface area contributed by atoms with E-state index in [9.17, 15) is 80.8 Å². The van der Waals surface area contributed by atoms with E-state index >= 15 is 0 Å². The highest BCUT2D eigenvalue weighted by atomic mass is 16.4. The van der Waals surface area contributed by atoms with Crippen LogP contribution in [0, 0.1) is 95.7 Å². The minimum Gasteiger partial charge on any atom is -0.396 e. The van der Waals surface area contributed by atoms with Gasteiger partial charge >= 0.3 is 0 Å². The van der Waals surface area contributed by atoms with Crippen molar-refractivity contribution in [3.8, 4) is 0 Å². The molecule has 0 radical (unpaired) electrons. The first-order valence-electron chi connectivity index (χ1n) is 37.7. The summed E-state index contributed by atoms with van der Waals surface area (Å²) in [6.07, 6.45) is 12.8. The van der Waals surface area contributed by atoms with Crippen LogP contribution in [0.4, 0.5) is 0 Å². The summed E-state index contributed by atoms with van der Waals surface area (Å²) in [7, 11) is 0. The third-order valence-corrected chi connectivity index (χ3v) is 23.0. The minimum absolute atomic E-state index is 0.0191. The molecule has 1 aromatic rings. The number of aryl methyl sites for hydroxylation is 1. The average Bonchev–Trinajstić information content (AvgIpc) is 1.78. The Kier molecular flexibility index (Phi) is 44.3. The molecule has 0 spiro atoms. The summed E-state index contributed by atoms with van der Waals surface area (Å²) in [6, 6.07) is 7.82. The zero-order valence-corrected chi connectivity index (χ0v) is 61.0. The Hall–Kier alpha value is -3.43. The van der Waals surface area contributed by atoms with Gasteiger partial charge in [0.05, 0.1) is 79.4 Å². The highest BCUT2D eigenvalue weighted by molar-refractivity contribution is 5.91. The van der Waals surface area contributed by atoms with E-state index in [0.717, 1.165) is 81.3 Å². The standard InChI is InChI=1S/C18H33NO4.C17H23NO4.C9H17NO4.3C8H16O3.C7H14O2/c20-12-15-10-14(17(22)18(15)23)11-19-16(21)9-5-4-8-13-6-2-1-3-7-13;1-11-2-4-12(5-3-11)6-7-15(20)18-9-13-8-14(10-19)17(22)16(13)21;1-5(12)10-3-6-2-7(4-11)9(14)8(6)13;3*1-2-5-3-6(4-9)8(11)7(5)10;1-5-2-3-6(4-8)7(5)9/h13-15,17-18,20,22-23H,1-12H2,(H,19,21);2-7,13-14,16-17,19,21-22H,8-10H2,1H3,(H,18,20);6-9,11,13-14H,2-4H2,1H3,(H,10,12);3*5-11H,2-4H2,1H3;5-9H,2-4H2,1H3/b;7-6+;;;;;/t14-,15-,17-,18+;13-,14-,16-,17+;6-,7-,8-,9+;5-,6+,7+,8-;5-,6-,7+,8-;5-,6-,7-,8+;5-,6-,7-/m1110011/s1. The van der Waals surface area contributed by atoms with E-state index in [1.165, 1.54) is 51.5 Å². The van der Waals surface area contributed by atoms with Crippen molar-refractivity contribution in [2.45, 2.75) is 249 Å². The van der Waals surface area contributed by atoms with Crippen molar-refractivity contribution in [3.63, 3.8) is 0 Å². The molecule has 0 bridgehead atoms.